The van der Waals surface area contributed by atoms with Gasteiger partial charge in [-0.2, -0.15) is 0 Å². The van der Waals surface area contributed by atoms with Crippen molar-refractivity contribution in [1.82, 2.24) is 4.90 Å². The number of hydrogen-bond donors (Lipinski definition) is 0. The minimum atomic E-state index is 0.106. The van der Waals surface area contributed by atoms with Crippen LogP contribution >= 0.6 is 0 Å². The molecule has 3 nitrogen and oxygen atoms in total. The molecule has 1 amide bonds. The molecule has 0 aliphatic carbocycles. The third-order valence-electron chi connectivity index (χ3n) is 2.97. The van der Waals surface area contributed by atoms with Crippen LogP contribution in [0.5, 0.6) is 5.75 Å². The Morgan fingerprint density at radius 1 is 1.24 bits per heavy atom. The van der Waals surface area contributed by atoms with Crippen LogP contribution in [0.4, 0.5) is 0 Å². The molecule has 1 aromatic carbocycles. The molecule has 0 radical (unpaired) electrons. The lowest BCUT2D eigenvalue weighted by molar-refractivity contribution is 0.0772. The molecular formula is C14H21NO2. The first-order chi connectivity index (χ1) is 8.17. The summed E-state index contributed by atoms with van der Waals surface area (Å²) < 4.78 is 5.18. The van der Waals surface area contributed by atoms with Gasteiger partial charge in [0.05, 0.1) is 7.11 Å². The van der Waals surface area contributed by atoms with Crippen LogP contribution in [0.3, 0.4) is 0 Å². The van der Waals surface area contributed by atoms with E-state index >= 15 is 0 Å². The average molecular weight is 235 g/mol. The van der Waals surface area contributed by atoms with Gasteiger partial charge in [0.25, 0.3) is 5.91 Å². The van der Waals surface area contributed by atoms with Crippen molar-refractivity contribution < 1.29 is 9.53 Å². The number of rotatable bonds is 5. The normalized spacial score (nSPS) is 10.1. The zero-order valence-corrected chi connectivity index (χ0v) is 11.1. The van der Waals surface area contributed by atoms with Gasteiger partial charge in [-0.15, -0.1) is 0 Å². The Bertz CT molecular complexity index is 384. The van der Waals surface area contributed by atoms with E-state index in [1.165, 1.54) is 0 Å². The largest absolute Gasteiger partial charge is 0.497 e. The van der Waals surface area contributed by atoms with E-state index in [1.54, 1.807) is 7.11 Å². The summed E-state index contributed by atoms with van der Waals surface area (Å²) >= 11 is 0. The number of nitrogens with zero attached hydrogens (tertiary/aromatic N) is 1. The second-order valence-electron chi connectivity index (χ2n) is 3.85. The van der Waals surface area contributed by atoms with Gasteiger partial charge in [-0.25, -0.2) is 0 Å². The van der Waals surface area contributed by atoms with Crippen molar-refractivity contribution in [2.75, 3.05) is 20.2 Å². The number of methoxy groups -OCH3 is 1. The SMILES string of the molecule is CCc1cc(OC)ccc1C(=O)N(CC)CC. The summed E-state index contributed by atoms with van der Waals surface area (Å²) in [5, 5.41) is 0. The summed E-state index contributed by atoms with van der Waals surface area (Å²) in [7, 11) is 1.64. The van der Waals surface area contributed by atoms with Crippen LogP contribution in [0.25, 0.3) is 0 Å². The molecule has 0 atom stereocenters. The number of aryl methyl sites for hydroxylation is 1. The van der Waals surface area contributed by atoms with E-state index in [1.807, 2.05) is 43.9 Å². The molecule has 0 bridgehead atoms. The fourth-order valence-electron chi connectivity index (χ4n) is 1.88. The van der Waals surface area contributed by atoms with Gasteiger partial charge in [-0.1, -0.05) is 6.92 Å². The van der Waals surface area contributed by atoms with E-state index in [4.69, 9.17) is 4.74 Å². The van der Waals surface area contributed by atoms with Crippen molar-refractivity contribution >= 4 is 5.91 Å². The van der Waals surface area contributed by atoms with E-state index in [9.17, 15) is 4.79 Å². The second kappa shape index (κ2) is 6.28. The molecule has 0 unspecified atom stereocenters. The predicted octanol–water partition coefficient (Wildman–Crippen LogP) is 2.74. The summed E-state index contributed by atoms with van der Waals surface area (Å²) in [6.45, 7) is 7.52. The number of hydrogen-bond acceptors (Lipinski definition) is 2. The molecule has 1 rings (SSSR count). The summed E-state index contributed by atoms with van der Waals surface area (Å²) in [5.74, 6) is 0.910. The lowest BCUT2D eigenvalue weighted by Gasteiger charge is -2.20. The van der Waals surface area contributed by atoms with Gasteiger partial charge in [-0.05, 0) is 44.0 Å². The molecule has 0 N–H and O–H groups in total. The van der Waals surface area contributed by atoms with Crippen LogP contribution < -0.4 is 4.74 Å². The Labute approximate surface area is 103 Å². The van der Waals surface area contributed by atoms with Crippen molar-refractivity contribution in [3.05, 3.63) is 29.3 Å². The van der Waals surface area contributed by atoms with Gasteiger partial charge in [-0.3, -0.25) is 4.79 Å². The third-order valence-corrected chi connectivity index (χ3v) is 2.97. The minimum absolute atomic E-state index is 0.106. The summed E-state index contributed by atoms with van der Waals surface area (Å²) in [6.07, 6.45) is 0.833. The second-order valence-corrected chi connectivity index (χ2v) is 3.85. The molecule has 0 aromatic heterocycles. The third kappa shape index (κ3) is 2.99. The fraction of sp³-hybridized carbons (Fsp3) is 0.500. The Morgan fingerprint density at radius 3 is 2.35 bits per heavy atom. The highest BCUT2D eigenvalue weighted by molar-refractivity contribution is 5.95. The Balaban J connectivity index is 3.08. The van der Waals surface area contributed by atoms with E-state index in [2.05, 4.69) is 0 Å². The Morgan fingerprint density at radius 2 is 1.88 bits per heavy atom. The monoisotopic (exact) mass is 235 g/mol. The first-order valence-corrected chi connectivity index (χ1v) is 6.14. The van der Waals surface area contributed by atoms with Crippen LogP contribution in [0.1, 0.15) is 36.7 Å². The lowest BCUT2D eigenvalue weighted by atomic mass is 10.0. The maximum Gasteiger partial charge on any atom is 0.254 e. The van der Waals surface area contributed by atoms with E-state index < -0.39 is 0 Å². The van der Waals surface area contributed by atoms with Gasteiger partial charge >= 0.3 is 0 Å². The standard InChI is InChI=1S/C14H21NO2/c1-5-11-10-12(17-4)8-9-13(11)14(16)15(6-2)7-3/h8-10H,5-7H2,1-4H3. The molecule has 1 aromatic rings. The molecule has 3 heteroatoms. The van der Waals surface area contributed by atoms with Crippen molar-refractivity contribution in [1.29, 1.82) is 0 Å². The number of ether oxygens (including phenoxy) is 1. The highest BCUT2D eigenvalue weighted by Gasteiger charge is 2.16. The smallest absolute Gasteiger partial charge is 0.254 e. The van der Waals surface area contributed by atoms with Crippen LogP contribution in [0, 0.1) is 0 Å². The van der Waals surface area contributed by atoms with Crippen LogP contribution in [-0.4, -0.2) is 31.0 Å². The van der Waals surface area contributed by atoms with Crippen LogP contribution in [0.2, 0.25) is 0 Å². The number of benzene rings is 1. The quantitative estimate of drug-likeness (QED) is 0.785. The maximum absolute atomic E-state index is 12.3. The first kappa shape index (κ1) is 13.6. The molecule has 0 saturated carbocycles. The molecule has 17 heavy (non-hydrogen) atoms. The van der Waals surface area contributed by atoms with Gasteiger partial charge < -0.3 is 9.64 Å². The minimum Gasteiger partial charge on any atom is -0.497 e. The number of amides is 1. The van der Waals surface area contributed by atoms with E-state index in [0.717, 1.165) is 36.4 Å². The highest BCUT2D eigenvalue weighted by Crippen LogP contribution is 2.19. The number of carbonyl (C=O) groups is 1. The first-order valence-electron chi connectivity index (χ1n) is 6.14. The summed E-state index contributed by atoms with van der Waals surface area (Å²) in [4.78, 5) is 14.1. The Hall–Kier alpha value is -1.51. The molecule has 0 fully saturated rings. The zero-order valence-electron chi connectivity index (χ0n) is 11.1. The fourth-order valence-corrected chi connectivity index (χ4v) is 1.88. The zero-order chi connectivity index (χ0) is 12.8. The topological polar surface area (TPSA) is 29.5 Å². The molecule has 0 heterocycles. The molecule has 94 valence electrons. The van der Waals surface area contributed by atoms with Crippen molar-refractivity contribution in [2.24, 2.45) is 0 Å². The maximum atomic E-state index is 12.3. The molecule has 0 spiro atoms. The van der Waals surface area contributed by atoms with Crippen molar-refractivity contribution in [3.8, 4) is 5.75 Å². The van der Waals surface area contributed by atoms with Crippen molar-refractivity contribution in [2.45, 2.75) is 27.2 Å². The number of carbonyl (C=O) groups excluding carboxylic acids is 1. The summed E-state index contributed by atoms with van der Waals surface area (Å²) in [6, 6.07) is 5.64. The predicted molar refractivity (Wildman–Crippen MR) is 69.6 cm³/mol. The van der Waals surface area contributed by atoms with E-state index in [-0.39, 0.29) is 5.91 Å². The van der Waals surface area contributed by atoms with E-state index in [0.29, 0.717) is 0 Å². The highest BCUT2D eigenvalue weighted by atomic mass is 16.5. The van der Waals surface area contributed by atoms with Crippen LogP contribution in [0.15, 0.2) is 18.2 Å². The average Bonchev–Trinajstić information content (AvgIpc) is 2.39. The van der Waals surface area contributed by atoms with Crippen LogP contribution in [-0.2, 0) is 6.42 Å². The van der Waals surface area contributed by atoms with Gasteiger partial charge in [0.1, 0.15) is 5.75 Å². The lowest BCUT2D eigenvalue weighted by Crippen LogP contribution is -2.31. The van der Waals surface area contributed by atoms with Gasteiger partial charge in [0.2, 0.25) is 0 Å². The van der Waals surface area contributed by atoms with Gasteiger partial charge in [0.15, 0.2) is 0 Å². The molecular weight excluding hydrogens is 214 g/mol. The van der Waals surface area contributed by atoms with Gasteiger partial charge in [0, 0.05) is 18.7 Å². The molecule has 0 aliphatic heterocycles. The Kier molecular flexibility index (Phi) is 5.01. The molecule has 0 aliphatic rings. The molecule has 0 saturated heterocycles. The van der Waals surface area contributed by atoms with Crippen molar-refractivity contribution in [3.63, 3.8) is 0 Å². The summed E-state index contributed by atoms with van der Waals surface area (Å²) in [5.41, 5.74) is 1.83.